The lowest BCUT2D eigenvalue weighted by Gasteiger charge is -2.03. The SMILES string of the molecule is O=C(Cc1nc(-c2c(-c3ccccc3)[nH]c3ccccc23)cs1)NCc1ccco1. The molecule has 1 amide bonds. The van der Waals surface area contributed by atoms with Crippen LogP contribution in [-0.2, 0) is 17.8 Å². The number of rotatable bonds is 6. The highest BCUT2D eigenvalue weighted by atomic mass is 32.1. The molecule has 0 aliphatic heterocycles. The van der Waals surface area contributed by atoms with E-state index in [0.717, 1.165) is 44.2 Å². The van der Waals surface area contributed by atoms with Gasteiger partial charge in [0.25, 0.3) is 0 Å². The molecule has 0 atom stereocenters. The predicted molar refractivity (Wildman–Crippen MR) is 119 cm³/mol. The van der Waals surface area contributed by atoms with Crippen LogP contribution in [-0.4, -0.2) is 15.9 Å². The molecule has 148 valence electrons. The van der Waals surface area contributed by atoms with Crippen molar-refractivity contribution < 1.29 is 9.21 Å². The average molecular weight is 414 g/mol. The van der Waals surface area contributed by atoms with E-state index < -0.39 is 0 Å². The van der Waals surface area contributed by atoms with Crippen LogP contribution in [0.1, 0.15) is 10.8 Å². The largest absolute Gasteiger partial charge is 0.467 e. The summed E-state index contributed by atoms with van der Waals surface area (Å²) < 4.78 is 5.25. The summed E-state index contributed by atoms with van der Waals surface area (Å²) in [5, 5.41) is 6.80. The van der Waals surface area contributed by atoms with E-state index in [4.69, 9.17) is 9.40 Å². The van der Waals surface area contributed by atoms with Gasteiger partial charge in [0.15, 0.2) is 0 Å². The Morgan fingerprint density at radius 3 is 2.70 bits per heavy atom. The molecule has 0 radical (unpaired) electrons. The molecule has 2 N–H and O–H groups in total. The van der Waals surface area contributed by atoms with E-state index in [-0.39, 0.29) is 12.3 Å². The Labute approximate surface area is 177 Å². The molecular formula is C24H19N3O2S. The van der Waals surface area contributed by atoms with E-state index in [0.29, 0.717) is 6.54 Å². The number of hydrogen-bond acceptors (Lipinski definition) is 4. The number of thiazole rings is 1. The number of aromatic nitrogens is 2. The molecule has 5 nitrogen and oxygen atoms in total. The predicted octanol–water partition coefficient (Wildman–Crippen LogP) is 5.41. The van der Waals surface area contributed by atoms with Gasteiger partial charge in [-0.25, -0.2) is 4.98 Å². The number of fused-ring (bicyclic) bond motifs is 1. The number of carbonyl (C=O) groups is 1. The molecule has 3 heterocycles. The number of carbonyl (C=O) groups excluding carboxylic acids is 1. The van der Waals surface area contributed by atoms with Crippen LogP contribution < -0.4 is 5.32 Å². The summed E-state index contributed by atoms with van der Waals surface area (Å²) in [6.07, 6.45) is 1.84. The highest BCUT2D eigenvalue weighted by Crippen LogP contribution is 2.38. The number of hydrogen-bond donors (Lipinski definition) is 2. The van der Waals surface area contributed by atoms with Crippen molar-refractivity contribution in [2.24, 2.45) is 0 Å². The fourth-order valence-electron chi connectivity index (χ4n) is 3.53. The van der Waals surface area contributed by atoms with Crippen LogP contribution in [0.4, 0.5) is 0 Å². The van der Waals surface area contributed by atoms with Crippen molar-refractivity contribution in [3.05, 3.63) is 89.1 Å². The summed E-state index contributed by atoms with van der Waals surface area (Å²) >= 11 is 1.50. The molecule has 0 aliphatic carbocycles. The van der Waals surface area contributed by atoms with Crippen LogP contribution in [0.25, 0.3) is 33.4 Å². The molecule has 0 saturated carbocycles. The minimum absolute atomic E-state index is 0.0745. The van der Waals surface area contributed by atoms with Gasteiger partial charge in [-0.1, -0.05) is 48.5 Å². The van der Waals surface area contributed by atoms with E-state index in [2.05, 4.69) is 34.6 Å². The van der Waals surface area contributed by atoms with Crippen LogP contribution in [0.15, 0.2) is 82.8 Å². The van der Waals surface area contributed by atoms with E-state index in [9.17, 15) is 4.79 Å². The summed E-state index contributed by atoms with van der Waals surface area (Å²) in [6.45, 7) is 0.380. The number of furan rings is 1. The lowest BCUT2D eigenvalue weighted by Crippen LogP contribution is -2.24. The van der Waals surface area contributed by atoms with E-state index in [1.165, 1.54) is 11.3 Å². The maximum Gasteiger partial charge on any atom is 0.227 e. The molecule has 0 fully saturated rings. The molecule has 30 heavy (non-hydrogen) atoms. The van der Waals surface area contributed by atoms with Crippen molar-refractivity contribution in [2.45, 2.75) is 13.0 Å². The lowest BCUT2D eigenvalue weighted by atomic mass is 10.0. The molecular weight excluding hydrogens is 394 g/mol. The van der Waals surface area contributed by atoms with Crippen LogP contribution in [0.5, 0.6) is 0 Å². The van der Waals surface area contributed by atoms with Gasteiger partial charge in [0.05, 0.1) is 30.6 Å². The number of nitrogens with zero attached hydrogens (tertiary/aromatic N) is 1. The molecule has 0 aliphatic rings. The smallest absolute Gasteiger partial charge is 0.227 e. The quantitative estimate of drug-likeness (QED) is 0.391. The minimum Gasteiger partial charge on any atom is -0.467 e. The van der Waals surface area contributed by atoms with Gasteiger partial charge in [-0.05, 0) is 23.8 Å². The number of nitrogens with one attached hydrogen (secondary N) is 2. The zero-order valence-corrected chi connectivity index (χ0v) is 16.9. The van der Waals surface area contributed by atoms with Gasteiger partial charge in [0.1, 0.15) is 10.8 Å². The molecule has 0 bridgehead atoms. The first-order chi connectivity index (χ1) is 14.8. The standard InChI is InChI=1S/C24H19N3O2S/c28-21(25-14-17-9-6-12-29-17)13-22-26-20(15-30-22)23-18-10-4-5-11-19(18)27-24(23)16-7-2-1-3-8-16/h1-12,15,27H,13-14H2,(H,25,28). The Hall–Kier alpha value is -3.64. The monoisotopic (exact) mass is 413 g/mol. The van der Waals surface area contributed by atoms with Crippen molar-refractivity contribution in [2.75, 3.05) is 0 Å². The van der Waals surface area contributed by atoms with Crippen molar-refractivity contribution in [3.63, 3.8) is 0 Å². The van der Waals surface area contributed by atoms with Crippen LogP contribution >= 0.6 is 11.3 Å². The number of H-pyrrole nitrogens is 1. The average Bonchev–Trinajstić information content (AvgIpc) is 3.52. The van der Waals surface area contributed by atoms with Gasteiger partial charge in [-0.15, -0.1) is 11.3 Å². The van der Waals surface area contributed by atoms with Crippen molar-refractivity contribution in [3.8, 4) is 22.5 Å². The fourth-order valence-corrected chi connectivity index (χ4v) is 4.32. The molecule has 0 spiro atoms. The van der Waals surface area contributed by atoms with Gasteiger partial charge < -0.3 is 14.7 Å². The van der Waals surface area contributed by atoms with Gasteiger partial charge in [0, 0.05) is 21.8 Å². The summed E-state index contributed by atoms with van der Waals surface area (Å²) in [5.74, 6) is 0.656. The van der Waals surface area contributed by atoms with E-state index in [1.54, 1.807) is 12.3 Å². The number of para-hydroxylation sites is 1. The summed E-state index contributed by atoms with van der Waals surface area (Å²) in [7, 11) is 0. The number of benzene rings is 2. The molecule has 3 aromatic heterocycles. The van der Waals surface area contributed by atoms with Gasteiger partial charge >= 0.3 is 0 Å². The molecule has 5 rings (SSSR count). The third-order valence-electron chi connectivity index (χ3n) is 4.93. The first kappa shape index (κ1) is 18.4. The second-order valence-electron chi connectivity index (χ2n) is 6.95. The number of aromatic amines is 1. The van der Waals surface area contributed by atoms with Gasteiger partial charge in [0.2, 0.25) is 5.91 Å². The van der Waals surface area contributed by atoms with Crippen molar-refractivity contribution in [1.29, 1.82) is 0 Å². The maximum absolute atomic E-state index is 12.3. The van der Waals surface area contributed by atoms with Crippen molar-refractivity contribution >= 4 is 28.1 Å². The summed E-state index contributed by atoms with van der Waals surface area (Å²) in [5.41, 5.74) is 5.16. The molecule has 0 saturated heterocycles. The Morgan fingerprint density at radius 1 is 1.03 bits per heavy atom. The second kappa shape index (κ2) is 8.00. The normalized spacial score (nSPS) is 11.1. The Morgan fingerprint density at radius 2 is 1.87 bits per heavy atom. The Bertz CT molecular complexity index is 1290. The zero-order valence-electron chi connectivity index (χ0n) is 16.1. The molecule has 5 aromatic rings. The molecule has 2 aromatic carbocycles. The van der Waals surface area contributed by atoms with Crippen LogP contribution in [0.2, 0.25) is 0 Å². The highest BCUT2D eigenvalue weighted by Gasteiger charge is 2.18. The van der Waals surface area contributed by atoms with E-state index >= 15 is 0 Å². The van der Waals surface area contributed by atoms with Gasteiger partial charge in [-0.2, -0.15) is 0 Å². The second-order valence-corrected chi connectivity index (χ2v) is 7.89. The van der Waals surface area contributed by atoms with Crippen LogP contribution in [0, 0.1) is 0 Å². The maximum atomic E-state index is 12.3. The third kappa shape index (κ3) is 3.65. The number of amides is 1. The van der Waals surface area contributed by atoms with Crippen molar-refractivity contribution in [1.82, 2.24) is 15.3 Å². The summed E-state index contributed by atoms with van der Waals surface area (Å²) in [6, 6.07) is 22.1. The third-order valence-corrected chi connectivity index (χ3v) is 5.78. The highest BCUT2D eigenvalue weighted by molar-refractivity contribution is 7.10. The lowest BCUT2D eigenvalue weighted by molar-refractivity contribution is -0.120. The Balaban J connectivity index is 1.44. The fraction of sp³-hybridized carbons (Fsp3) is 0.0833. The topological polar surface area (TPSA) is 70.9 Å². The molecule has 0 unspecified atom stereocenters. The Kier molecular flexibility index (Phi) is 4.91. The molecule has 6 heteroatoms. The first-order valence-corrected chi connectivity index (χ1v) is 10.6. The zero-order chi connectivity index (χ0) is 20.3. The van der Waals surface area contributed by atoms with Gasteiger partial charge in [-0.3, -0.25) is 4.79 Å². The van der Waals surface area contributed by atoms with Crippen LogP contribution in [0.3, 0.4) is 0 Å². The minimum atomic E-state index is -0.0745. The summed E-state index contributed by atoms with van der Waals surface area (Å²) in [4.78, 5) is 20.6. The van der Waals surface area contributed by atoms with E-state index in [1.807, 2.05) is 41.8 Å². The first-order valence-electron chi connectivity index (χ1n) is 9.68.